The van der Waals surface area contributed by atoms with Gasteiger partial charge in [0.15, 0.2) is 0 Å². The van der Waals surface area contributed by atoms with E-state index in [1.54, 1.807) is 6.20 Å². The first-order chi connectivity index (χ1) is 8.31. The van der Waals surface area contributed by atoms with Gasteiger partial charge in [-0.05, 0) is 25.5 Å². The molecule has 17 heavy (non-hydrogen) atoms. The van der Waals surface area contributed by atoms with E-state index in [2.05, 4.69) is 10.00 Å². The summed E-state index contributed by atoms with van der Waals surface area (Å²) >= 11 is 0. The lowest BCUT2D eigenvalue weighted by molar-refractivity contribution is -0.148. The molecule has 5 heteroatoms. The fourth-order valence-corrected chi connectivity index (χ4v) is 2.33. The second kappa shape index (κ2) is 5.82. The van der Waals surface area contributed by atoms with Gasteiger partial charge in [0.25, 0.3) is 0 Å². The van der Waals surface area contributed by atoms with Gasteiger partial charge in [-0.3, -0.25) is 14.4 Å². The number of methoxy groups -OCH3 is 1. The minimum atomic E-state index is -0.106. The van der Waals surface area contributed by atoms with Crippen LogP contribution in [-0.4, -0.2) is 46.9 Å². The molecule has 0 bridgehead atoms. The molecular weight excluding hydrogens is 218 g/mol. The Morgan fingerprint density at radius 1 is 1.47 bits per heavy atom. The van der Waals surface area contributed by atoms with Crippen molar-refractivity contribution in [1.82, 2.24) is 14.7 Å². The molecule has 2 heterocycles. The van der Waals surface area contributed by atoms with E-state index >= 15 is 0 Å². The third kappa shape index (κ3) is 3.06. The molecule has 1 fully saturated rings. The number of carbonyl (C=O) groups is 1. The standard InChI is InChI=1S/C12H19N3O2/c1-17-12(16)11-5-2-3-7-14(11)9-10-15-8-4-6-13-15/h4,6,8,11H,2-3,5,7,9-10H2,1H3. The summed E-state index contributed by atoms with van der Waals surface area (Å²) in [5, 5.41) is 4.16. The Morgan fingerprint density at radius 3 is 3.06 bits per heavy atom. The van der Waals surface area contributed by atoms with Crippen molar-refractivity contribution in [2.24, 2.45) is 0 Å². The topological polar surface area (TPSA) is 47.4 Å². The third-order valence-electron chi connectivity index (χ3n) is 3.26. The zero-order valence-electron chi connectivity index (χ0n) is 10.2. The number of hydrogen-bond acceptors (Lipinski definition) is 4. The quantitative estimate of drug-likeness (QED) is 0.730. The minimum Gasteiger partial charge on any atom is -0.468 e. The first kappa shape index (κ1) is 12.1. The van der Waals surface area contributed by atoms with Crippen LogP contribution in [0.4, 0.5) is 0 Å². The monoisotopic (exact) mass is 237 g/mol. The van der Waals surface area contributed by atoms with E-state index < -0.39 is 0 Å². The molecule has 0 N–H and O–H groups in total. The van der Waals surface area contributed by atoms with Crippen LogP contribution in [0.3, 0.4) is 0 Å². The van der Waals surface area contributed by atoms with Gasteiger partial charge >= 0.3 is 5.97 Å². The lowest BCUT2D eigenvalue weighted by Gasteiger charge is -2.33. The molecule has 1 aromatic heterocycles. The van der Waals surface area contributed by atoms with Gasteiger partial charge in [0.05, 0.1) is 13.7 Å². The van der Waals surface area contributed by atoms with Crippen LogP contribution in [0.1, 0.15) is 19.3 Å². The van der Waals surface area contributed by atoms with E-state index in [9.17, 15) is 4.79 Å². The Kier molecular flexibility index (Phi) is 4.14. The molecule has 1 aliphatic rings. The fraction of sp³-hybridized carbons (Fsp3) is 0.667. The summed E-state index contributed by atoms with van der Waals surface area (Å²) in [5.74, 6) is -0.106. The smallest absolute Gasteiger partial charge is 0.323 e. The highest BCUT2D eigenvalue weighted by Gasteiger charge is 2.28. The normalized spacial score (nSPS) is 21.4. The molecule has 2 rings (SSSR count). The van der Waals surface area contributed by atoms with Gasteiger partial charge in [-0.25, -0.2) is 0 Å². The summed E-state index contributed by atoms with van der Waals surface area (Å²) < 4.78 is 6.75. The first-order valence-corrected chi connectivity index (χ1v) is 6.10. The predicted molar refractivity (Wildman–Crippen MR) is 63.5 cm³/mol. The summed E-state index contributed by atoms with van der Waals surface area (Å²) in [7, 11) is 1.46. The average Bonchev–Trinajstić information content (AvgIpc) is 2.89. The average molecular weight is 237 g/mol. The second-order valence-corrected chi connectivity index (χ2v) is 4.34. The molecule has 0 aliphatic carbocycles. The molecule has 1 atom stereocenters. The van der Waals surface area contributed by atoms with Gasteiger partial charge in [0.2, 0.25) is 0 Å². The van der Waals surface area contributed by atoms with Gasteiger partial charge in [0.1, 0.15) is 6.04 Å². The molecular formula is C12H19N3O2. The Bertz CT molecular complexity index is 351. The van der Waals surface area contributed by atoms with E-state index in [0.717, 1.165) is 38.9 Å². The Labute approximate surface area is 101 Å². The van der Waals surface area contributed by atoms with Gasteiger partial charge in [-0.1, -0.05) is 6.42 Å². The summed E-state index contributed by atoms with van der Waals surface area (Å²) in [5.41, 5.74) is 0. The number of aromatic nitrogens is 2. The molecule has 94 valence electrons. The largest absolute Gasteiger partial charge is 0.468 e. The second-order valence-electron chi connectivity index (χ2n) is 4.34. The third-order valence-corrected chi connectivity index (χ3v) is 3.26. The molecule has 0 amide bonds. The van der Waals surface area contributed by atoms with Crippen molar-refractivity contribution in [2.75, 3.05) is 20.2 Å². The highest BCUT2D eigenvalue weighted by Crippen LogP contribution is 2.17. The number of carbonyl (C=O) groups excluding carboxylic acids is 1. The number of likely N-dealkylation sites (tertiary alicyclic amines) is 1. The highest BCUT2D eigenvalue weighted by molar-refractivity contribution is 5.75. The molecule has 0 radical (unpaired) electrons. The van der Waals surface area contributed by atoms with Crippen LogP contribution in [0.5, 0.6) is 0 Å². The maximum Gasteiger partial charge on any atom is 0.323 e. The van der Waals surface area contributed by atoms with E-state index in [1.807, 2.05) is 16.9 Å². The number of hydrogen-bond donors (Lipinski definition) is 0. The highest BCUT2D eigenvalue weighted by atomic mass is 16.5. The summed E-state index contributed by atoms with van der Waals surface area (Å²) in [6.45, 7) is 2.64. The first-order valence-electron chi connectivity index (χ1n) is 6.10. The van der Waals surface area contributed by atoms with E-state index in [0.29, 0.717) is 0 Å². The van der Waals surface area contributed by atoms with Gasteiger partial charge < -0.3 is 4.74 Å². The maximum absolute atomic E-state index is 11.7. The number of esters is 1. The molecule has 0 aromatic carbocycles. The van der Waals surface area contributed by atoms with E-state index in [1.165, 1.54) is 7.11 Å². The minimum absolute atomic E-state index is 0.0655. The van der Waals surface area contributed by atoms with Crippen LogP contribution >= 0.6 is 0 Å². The van der Waals surface area contributed by atoms with E-state index in [4.69, 9.17) is 4.74 Å². The summed E-state index contributed by atoms with van der Waals surface area (Å²) in [6.07, 6.45) is 6.89. The Hall–Kier alpha value is -1.36. The van der Waals surface area contributed by atoms with Gasteiger partial charge in [0, 0.05) is 18.9 Å². The number of rotatable bonds is 4. The van der Waals surface area contributed by atoms with Crippen LogP contribution < -0.4 is 0 Å². The molecule has 0 saturated carbocycles. The Morgan fingerprint density at radius 2 is 2.35 bits per heavy atom. The van der Waals surface area contributed by atoms with Gasteiger partial charge in [-0.2, -0.15) is 5.10 Å². The van der Waals surface area contributed by atoms with Crippen molar-refractivity contribution in [1.29, 1.82) is 0 Å². The van der Waals surface area contributed by atoms with Crippen LogP contribution in [0.2, 0.25) is 0 Å². The van der Waals surface area contributed by atoms with E-state index in [-0.39, 0.29) is 12.0 Å². The zero-order chi connectivity index (χ0) is 12.1. The van der Waals surface area contributed by atoms with Crippen molar-refractivity contribution in [2.45, 2.75) is 31.8 Å². The van der Waals surface area contributed by atoms with Crippen molar-refractivity contribution in [3.05, 3.63) is 18.5 Å². The van der Waals surface area contributed by atoms with Crippen molar-refractivity contribution < 1.29 is 9.53 Å². The predicted octanol–water partition coefficient (Wildman–Crippen LogP) is 0.911. The van der Waals surface area contributed by atoms with Crippen LogP contribution in [0.25, 0.3) is 0 Å². The van der Waals surface area contributed by atoms with Crippen molar-refractivity contribution in [3.63, 3.8) is 0 Å². The number of ether oxygens (including phenoxy) is 1. The van der Waals surface area contributed by atoms with Crippen LogP contribution in [0, 0.1) is 0 Å². The fourth-order valence-electron chi connectivity index (χ4n) is 2.33. The molecule has 0 spiro atoms. The SMILES string of the molecule is COC(=O)C1CCCCN1CCn1cccn1. The van der Waals surface area contributed by atoms with Crippen LogP contribution in [0.15, 0.2) is 18.5 Å². The van der Waals surface area contributed by atoms with Crippen LogP contribution in [-0.2, 0) is 16.1 Å². The Balaban J connectivity index is 1.90. The zero-order valence-corrected chi connectivity index (χ0v) is 10.2. The summed E-state index contributed by atoms with van der Waals surface area (Å²) in [4.78, 5) is 13.9. The number of nitrogens with zero attached hydrogens (tertiary/aromatic N) is 3. The maximum atomic E-state index is 11.7. The molecule has 1 aliphatic heterocycles. The van der Waals surface area contributed by atoms with Crippen molar-refractivity contribution in [3.8, 4) is 0 Å². The molecule has 1 saturated heterocycles. The molecule has 5 nitrogen and oxygen atoms in total. The number of piperidine rings is 1. The summed E-state index contributed by atoms with van der Waals surface area (Å²) in [6, 6.07) is 1.85. The lowest BCUT2D eigenvalue weighted by atomic mass is 10.0. The lowest BCUT2D eigenvalue weighted by Crippen LogP contribution is -2.46. The molecule has 1 aromatic rings. The van der Waals surface area contributed by atoms with Crippen molar-refractivity contribution >= 4 is 5.97 Å². The molecule has 1 unspecified atom stereocenters. The van der Waals surface area contributed by atoms with Gasteiger partial charge in [-0.15, -0.1) is 0 Å².